The Balaban J connectivity index is 2.23. The molecule has 1 atom stereocenters. The molecule has 5 nitrogen and oxygen atoms in total. The fraction of sp³-hybridized carbons (Fsp3) is 0.167. The van der Waals surface area contributed by atoms with Crippen LogP contribution >= 0.6 is 15.9 Å². The van der Waals surface area contributed by atoms with Crippen LogP contribution in [0.15, 0.2) is 45.7 Å². The number of furan rings is 1. The maximum atomic E-state index is 10.7. The van der Waals surface area contributed by atoms with E-state index in [4.69, 9.17) is 4.42 Å². The van der Waals surface area contributed by atoms with Gasteiger partial charge < -0.3 is 9.73 Å². The van der Waals surface area contributed by atoms with Gasteiger partial charge in [0.15, 0.2) is 0 Å². The zero-order valence-corrected chi connectivity index (χ0v) is 11.2. The number of hydrogen-bond acceptors (Lipinski definition) is 4. The normalized spacial score (nSPS) is 12.1. The van der Waals surface area contributed by atoms with Gasteiger partial charge in [0.05, 0.1) is 29.2 Å². The summed E-state index contributed by atoms with van der Waals surface area (Å²) in [6, 6.07) is 6.46. The third-order valence-corrected chi connectivity index (χ3v) is 3.27. The van der Waals surface area contributed by atoms with Crippen molar-refractivity contribution in [3.8, 4) is 0 Å². The van der Waals surface area contributed by atoms with Crippen molar-refractivity contribution >= 4 is 27.3 Å². The molecule has 2 aromatic rings. The lowest BCUT2D eigenvalue weighted by molar-refractivity contribution is -0.384. The minimum absolute atomic E-state index is 0.00190. The van der Waals surface area contributed by atoms with E-state index in [0.29, 0.717) is 5.69 Å². The number of benzene rings is 1. The summed E-state index contributed by atoms with van der Waals surface area (Å²) in [6.45, 7) is 1.95. The first kappa shape index (κ1) is 12.6. The van der Waals surface area contributed by atoms with Crippen molar-refractivity contribution in [2.24, 2.45) is 0 Å². The third kappa shape index (κ3) is 2.70. The number of hydrogen-bond donors (Lipinski definition) is 1. The van der Waals surface area contributed by atoms with Crippen molar-refractivity contribution in [1.29, 1.82) is 0 Å². The molecule has 0 aliphatic rings. The van der Waals surface area contributed by atoms with E-state index in [1.165, 1.54) is 12.1 Å². The Morgan fingerprint density at radius 2 is 2.22 bits per heavy atom. The maximum absolute atomic E-state index is 10.7. The second-order valence-electron chi connectivity index (χ2n) is 3.84. The van der Waals surface area contributed by atoms with Crippen LogP contribution in [0.3, 0.4) is 0 Å². The Bertz CT molecular complexity index is 554. The van der Waals surface area contributed by atoms with E-state index < -0.39 is 4.92 Å². The molecule has 6 heteroatoms. The number of anilines is 1. The van der Waals surface area contributed by atoms with Crippen molar-refractivity contribution in [3.05, 3.63) is 56.9 Å². The molecule has 0 spiro atoms. The molecule has 0 saturated carbocycles. The van der Waals surface area contributed by atoms with E-state index in [2.05, 4.69) is 21.2 Å². The molecule has 0 saturated heterocycles. The Morgan fingerprint density at radius 1 is 1.44 bits per heavy atom. The highest BCUT2D eigenvalue weighted by molar-refractivity contribution is 9.10. The molecule has 0 amide bonds. The van der Waals surface area contributed by atoms with E-state index in [9.17, 15) is 10.1 Å². The van der Waals surface area contributed by atoms with Gasteiger partial charge in [-0.3, -0.25) is 10.1 Å². The summed E-state index contributed by atoms with van der Waals surface area (Å²) < 4.78 is 5.79. The van der Waals surface area contributed by atoms with Crippen LogP contribution in [0, 0.1) is 10.1 Å². The van der Waals surface area contributed by atoms with Crippen molar-refractivity contribution in [2.45, 2.75) is 13.0 Å². The Morgan fingerprint density at radius 3 is 2.83 bits per heavy atom. The van der Waals surface area contributed by atoms with Crippen LogP contribution in [0.5, 0.6) is 0 Å². The molecule has 18 heavy (non-hydrogen) atoms. The van der Waals surface area contributed by atoms with Gasteiger partial charge in [-0.1, -0.05) is 0 Å². The highest BCUT2D eigenvalue weighted by atomic mass is 79.9. The standard InChI is InChI=1S/C12H11BrN2O3/c1-8(9-4-5-18-7-9)14-12-6-10(15(16)17)2-3-11(12)13/h2-8,14H,1H3. The van der Waals surface area contributed by atoms with Crippen LogP contribution in [0.25, 0.3) is 0 Å². The molecule has 0 aliphatic heterocycles. The van der Waals surface area contributed by atoms with Gasteiger partial charge in [-0.25, -0.2) is 0 Å². The average Bonchev–Trinajstić information content (AvgIpc) is 2.85. The minimum atomic E-state index is -0.417. The highest BCUT2D eigenvalue weighted by Crippen LogP contribution is 2.30. The average molecular weight is 311 g/mol. The lowest BCUT2D eigenvalue weighted by Crippen LogP contribution is -2.06. The second kappa shape index (κ2) is 5.22. The molecular weight excluding hydrogens is 300 g/mol. The first-order valence-electron chi connectivity index (χ1n) is 5.30. The van der Waals surface area contributed by atoms with Gasteiger partial charge in [0, 0.05) is 22.2 Å². The largest absolute Gasteiger partial charge is 0.472 e. The summed E-state index contributed by atoms with van der Waals surface area (Å²) in [7, 11) is 0. The molecule has 1 N–H and O–H groups in total. The molecule has 1 unspecified atom stereocenters. The number of nitrogens with one attached hydrogen (secondary N) is 1. The van der Waals surface area contributed by atoms with Gasteiger partial charge in [-0.15, -0.1) is 0 Å². The van der Waals surface area contributed by atoms with Gasteiger partial charge in [0.2, 0.25) is 0 Å². The fourth-order valence-corrected chi connectivity index (χ4v) is 1.94. The maximum Gasteiger partial charge on any atom is 0.271 e. The Labute approximate surface area is 112 Å². The predicted octanol–water partition coefficient (Wildman–Crippen LogP) is 4.12. The van der Waals surface area contributed by atoms with Crippen LogP contribution in [0.2, 0.25) is 0 Å². The number of nitrogens with zero attached hydrogens (tertiary/aromatic N) is 1. The van der Waals surface area contributed by atoms with Gasteiger partial charge in [-0.05, 0) is 35.0 Å². The summed E-state index contributed by atoms with van der Waals surface area (Å²) in [5, 5.41) is 13.9. The minimum Gasteiger partial charge on any atom is -0.472 e. The Kier molecular flexibility index (Phi) is 3.66. The lowest BCUT2D eigenvalue weighted by Gasteiger charge is -2.14. The molecule has 0 aliphatic carbocycles. The zero-order valence-electron chi connectivity index (χ0n) is 9.59. The Hall–Kier alpha value is -1.82. The smallest absolute Gasteiger partial charge is 0.271 e. The molecular formula is C12H11BrN2O3. The molecule has 0 fully saturated rings. The molecule has 0 radical (unpaired) electrons. The second-order valence-corrected chi connectivity index (χ2v) is 4.70. The monoisotopic (exact) mass is 310 g/mol. The third-order valence-electron chi connectivity index (χ3n) is 2.58. The van der Waals surface area contributed by atoms with Crippen molar-refractivity contribution in [2.75, 3.05) is 5.32 Å². The lowest BCUT2D eigenvalue weighted by atomic mass is 10.1. The van der Waals surface area contributed by atoms with Gasteiger partial charge in [-0.2, -0.15) is 0 Å². The number of non-ortho nitro benzene ring substituents is 1. The van der Waals surface area contributed by atoms with Crippen molar-refractivity contribution in [1.82, 2.24) is 0 Å². The van der Waals surface area contributed by atoms with E-state index in [1.54, 1.807) is 18.6 Å². The fourth-order valence-electron chi connectivity index (χ4n) is 1.58. The molecule has 2 rings (SSSR count). The number of rotatable bonds is 4. The van der Waals surface area contributed by atoms with E-state index in [-0.39, 0.29) is 11.7 Å². The number of nitro groups is 1. The van der Waals surface area contributed by atoms with Gasteiger partial charge in [0.25, 0.3) is 5.69 Å². The van der Waals surface area contributed by atoms with E-state index >= 15 is 0 Å². The molecule has 1 aromatic heterocycles. The van der Waals surface area contributed by atoms with Gasteiger partial charge >= 0.3 is 0 Å². The molecule has 94 valence electrons. The summed E-state index contributed by atoms with van der Waals surface area (Å²) in [5.41, 5.74) is 1.71. The molecule has 1 heterocycles. The van der Waals surface area contributed by atoms with Gasteiger partial charge in [0.1, 0.15) is 0 Å². The predicted molar refractivity (Wildman–Crippen MR) is 71.5 cm³/mol. The van der Waals surface area contributed by atoms with E-state index in [1.807, 2.05) is 13.0 Å². The SMILES string of the molecule is CC(Nc1cc([N+](=O)[O-])ccc1Br)c1ccoc1. The first-order valence-corrected chi connectivity index (χ1v) is 6.10. The number of halogens is 1. The van der Waals surface area contributed by atoms with Crippen LogP contribution in [0.4, 0.5) is 11.4 Å². The topological polar surface area (TPSA) is 68.3 Å². The summed E-state index contributed by atoms with van der Waals surface area (Å²) in [6.07, 6.45) is 3.24. The summed E-state index contributed by atoms with van der Waals surface area (Å²) in [5.74, 6) is 0. The van der Waals surface area contributed by atoms with Crippen LogP contribution in [-0.4, -0.2) is 4.92 Å². The first-order chi connectivity index (χ1) is 8.58. The van der Waals surface area contributed by atoms with Crippen molar-refractivity contribution in [3.63, 3.8) is 0 Å². The highest BCUT2D eigenvalue weighted by Gasteiger charge is 2.12. The van der Waals surface area contributed by atoms with Crippen LogP contribution in [-0.2, 0) is 0 Å². The van der Waals surface area contributed by atoms with Crippen molar-refractivity contribution < 1.29 is 9.34 Å². The molecule has 0 bridgehead atoms. The van der Waals surface area contributed by atoms with Crippen LogP contribution in [0.1, 0.15) is 18.5 Å². The molecule has 1 aromatic carbocycles. The quantitative estimate of drug-likeness (QED) is 0.681. The number of nitro benzene ring substituents is 1. The summed E-state index contributed by atoms with van der Waals surface area (Å²) >= 11 is 3.36. The van der Waals surface area contributed by atoms with Crippen LogP contribution < -0.4 is 5.32 Å². The zero-order chi connectivity index (χ0) is 13.1. The van der Waals surface area contributed by atoms with E-state index in [0.717, 1.165) is 10.0 Å². The summed E-state index contributed by atoms with van der Waals surface area (Å²) in [4.78, 5) is 10.3.